The number of aryl methyl sites for hydroxylation is 2. The van der Waals surface area contributed by atoms with E-state index in [4.69, 9.17) is 17.3 Å². The number of hydrogen-bond acceptors (Lipinski definition) is 2. The Hall–Kier alpha value is -1.26. The highest BCUT2D eigenvalue weighted by molar-refractivity contribution is 6.31. The summed E-state index contributed by atoms with van der Waals surface area (Å²) in [6.07, 6.45) is 2.91. The van der Waals surface area contributed by atoms with E-state index in [1.165, 1.54) is 5.69 Å². The molecule has 0 bridgehead atoms. The molecule has 0 aliphatic rings. The summed E-state index contributed by atoms with van der Waals surface area (Å²) in [7, 11) is 1.92. The predicted octanol–water partition coefficient (Wildman–Crippen LogP) is 2.12. The van der Waals surface area contributed by atoms with Gasteiger partial charge < -0.3 is 10.3 Å². The third kappa shape index (κ3) is 2.60. The van der Waals surface area contributed by atoms with Gasteiger partial charge in [0.1, 0.15) is 0 Å². The van der Waals surface area contributed by atoms with Gasteiger partial charge in [0.05, 0.1) is 23.0 Å². The van der Waals surface area contributed by atoms with Crippen molar-refractivity contribution >= 4 is 11.6 Å². The summed E-state index contributed by atoms with van der Waals surface area (Å²) >= 11 is 6.27. The number of halogens is 1. The second kappa shape index (κ2) is 5.16. The molecular weight excluding hydrogens is 248 g/mol. The Morgan fingerprint density at radius 1 is 1.50 bits per heavy atom. The highest BCUT2D eigenvalue weighted by Gasteiger charge is 2.13. The van der Waals surface area contributed by atoms with E-state index in [0.717, 1.165) is 29.4 Å². The Balaban J connectivity index is 2.26. The van der Waals surface area contributed by atoms with E-state index < -0.39 is 0 Å². The van der Waals surface area contributed by atoms with Crippen LogP contribution in [0.5, 0.6) is 0 Å². The summed E-state index contributed by atoms with van der Waals surface area (Å²) in [5.74, 6) is 0. The molecule has 0 spiro atoms. The van der Waals surface area contributed by atoms with Gasteiger partial charge in [0.15, 0.2) is 0 Å². The maximum Gasteiger partial charge on any atom is 0.0865 e. The fourth-order valence-electron chi connectivity index (χ4n) is 2.13. The molecule has 1 unspecified atom stereocenters. The number of nitrogens with two attached hydrogens (primary N) is 1. The molecule has 2 rings (SSSR count). The van der Waals surface area contributed by atoms with Crippen molar-refractivity contribution in [2.45, 2.75) is 32.9 Å². The number of rotatable bonds is 4. The number of nitrogens with zero attached hydrogens (tertiary/aromatic N) is 3. The Morgan fingerprint density at radius 3 is 2.78 bits per heavy atom. The van der Waals surface area contributed by atoms with Crippen molar-refractivity contribution in [2.75, 3.05) is 0 Å². The first-order valence-electron chi connectivity index (χ1n) is 6.06. The van der Waals surface area contributed by atoms with Gasteiger partial charge >= 0.3 is 0 Å². The molecule has 2 N–H and O–H groups in total. The molecule has 18 heavy (non-hydrogen) atoms. The van der Waals surface area contributed by atoms with Crippen molar-refractivity contribution in [1.82, 2.24) is 14.3 Å². The zero-order valence-corrected chi connectivity index (χ0v) is 11.8. The maximum atomic E-state index is 6.27. The van der Waals surface area contributed by atoms with E-state index in [-0.39, 0.29) is 6.04 Å². The van der Waals surface area contributed by atoms with Crippen LogP contribution in [0.4, 0.5) is 0 Å². The van der Waals surface area contributed by atoms with Crippen LogP contribution in [0.25, 0.3) is 0 Å². The van der Waals surface area contributed by atoms with Crippen LogP contribution in [0.1, 0.15) is 24.0 Å². The van der Waals surface area contributed by atoms with Crippen LogP contribution >= 0.6 is 11.6 Å². The molecule has 0 saturated carbocycles. The zero-order chi connectivity index (χ0) is 13.3. The van der Waals surface area contributed by atoms with Crippen molar-refractivity contribution in [3.05, 3.63) is 40.4 Å². The first-order valence-corrected chi connectivity index (χ1v) is 6.44. The number of aromatic nitrogens is 3. The molecule has 0 fully saturated rings. The van der Waals surface area contributed by atoms with Crippen molar-refractivity contribution < 1.29 is 0 Å². The molecule has 0 saturated heterocycles. The Labute approximate surface area is 112 Å². The van der Waals surface area contributed by atoms with E-state index in [9.17, 15) is 0 Å². The molecule has 0 radical (unpaired) electrons. The van der Waals surface area contributed by atoms with Crippen molar-refractivity contribution in [1.29, 1.82) is 0 Å². The third-order valence-electron chi connectivity index (χ3n) is 3.04. The predicted molar refractivity (Wildman–Crippen MR) is 73.8 cm³/mol. The van der Waals surface area contributed by atoms with Gasteiger partial charge in [-0.15, -0.1) is 0 Å². The van der Waals surface area contributed by atoms with Crippen LogP contribution in [0.15, 0.2) is 18.3 Å². The molecular formula is C13H19ClN4. The Morgan fingerprint density at radius 2 is 2.22 bits per heavy atom. The van der Waals surface area contributed by atoms with E-state index in [0.29, 0.717) is 0 Å². The van der Waals surface area contributed by atoms with Gasteiger partial charge in [-0.25, -0.2) is 0 Å². The molecule has 0 aromatic carbocycles. The first kappa shape index (κ1) is 13.2. The van der Waals surface area contributed by atoms with Gasteiger partial charge in [-0.1, -0.05) is 11.6 Å². The highest BCUT2D eigenvalue weighted by atomic mass is 35.5. The van der Waals surface area contributed by atoms with E-state index in [1.54, 1.807) is 0 Å². The van der Waals surface area contributed by atoms with E-state index in [2.05, 4.69) is 21.9 Å². The molecule has 2 heterocycles. The average Bonchev–Trinajstić information content (AvgIpc) is 2.79. The topological polar surface area (TPSA) is 48.8 Å². The van der Waals surface area contributed by atoms with Crippen molar-refractivity contribution in [2.24, 2.45) is 12.8 Å². The summed E-state index contributed by atoms with van der Waals surface area (Å²) < 4.78 is 4.01. The lowest BCUT2D eigenvalue weighted by Crippen LogP contribution is -2.20. The largest absolute Gasteiger partial charge is 0.345 e. The van der Waals surface area contributed by atoms with Crippen LogP contribution in [-0.4, -0.2) is 20.4 Å². The molecule has 2 aromatic rings. The minimum absolute atomic E-state index is 0.155. The highest BCUT2D eigenvalue weighted by Crippen LogP contribution is 2.21. The smallest absolute Gasteiger partial charge is 0.0865 e. The van der Waals surface area contributed by atoms with Crippen molar-refractivity contribution in [3.63, 3.8) is 0 Å². The molecule has 0 aliphatic carbocycles. The van der Waals surface area contributed by atoms with Gasteiger partial charge in [0, 0.05) is 31.4 Å². The maximum absolute atomic E-state index is 6.27. The minimum atomic E-state index is 0.155. The minimum Gasteiger partial charge on any atom is -0.345 e. The van der Waals surface area contributed by atoms with Crippen LogP contribution in [-0.2, 0) is 20.0 Å². The van der Waals surface area contributed by atoms with Crippen LogP contribution < -0.4 is 5.73 Å². The molecule has 98 valence electrons. The second-order valence-electron chi connectivity index (χ2n) is 4.78. The lowest BCUT2D eigenvalue weighted by Gasteiger charge is -2.11. The zero-order valence-electron chi connectivity index (χ0n) is 11.0. The van der Waals surface area contributed by atoms with E-state index in [1.807, 2.05) is 31.6 Å². The first-order chi connectivity index (χ1) is 8.49. The quantitative estimate of drug-likeness (QED) is 0.922. The molecule has 5 heteroatoms. The van der Waals surface area contributed by atoms with Gasteiger partial charge in [0.2, 0.25) is 0 Å². The molecule has 2 aromatic heterocycles. The lowest BCUT2D eigenvalue weighted by atomic mass is 10.2. The lowest BCUT2D eigenvalue weighted by molar-refractivity contribution is 0.627. The summed E-state index contributed by atoms with van der Waals surface area (Å²) in [5, 5.41) is 5.08. The normalized spacial score (nSPS) is 12.9. The summed E-state index contributed by atoms with van der Waals surface area (Å²) in [5.41, 5.74) is 8.97. The SMILES string of the molecule is Cc1nn(C)c(Cn2cccc2CC(C)N)c1Cl. The molecule has 0 amide bonds. The molecule has 0 aliphatic heterocycles. The van der Waals surface area contributed by atoms with Crippen LogP contribution in [0.2, 0.25) is 5.02 Å². The van der Waals surface area contributed by atoms with E-state index >= 15 is 0 Å². The fourth-order valence-corrected chi connectivity index (χ4v) is 2.35. The van der Waals surface area contributed by atoms with Gasteiger partial charge in [0.25, 0.3) is 0 Å². The monoisotopic (exact) mass is 266 g/mol. The Kier molecular flexibility index (Phi) is 3.78. The summed E-state index contributed by atoms with van der Waals surface area (Å²) in [6.45, 7) is 4.66. The second-order valence-corrected chi connectivity index (χ2v) is 5.16. The summed E-state index contributed by atoms with van der Waals surface area (Å²) in [6, 6.07) is 4.29. The fraction of sp³-hybridized carbons (Fsp3) is 0.462. The molecule has 4 nitrogen and oxygen atoms in total. The standard InChI is InChI=1S/C13H19ClN4/c1-9(15)7-11-5-4-6-18(11)8-12-13(14)10(2)16-17(12)3/h4-6,9H,7-8,15H2,1-3H3. The summed E-state index contributed by atoms with van der Waals surface area (Å²) in [4.78, 5) is 0. The van der Waals surface area contributed by atoms with Crippen LogP contribution in [0.3, 0.4) is 0 Å². The van der Waals surface area contributed by atoms with Crippen molar-refractivity contribution in [3.8, 4) is 0 Å². The van der Waals surface area contributed by atoms with Gasteiger partial charge in [-0.3, -0.25) is 4.68 Å². The van der Waals surface area contributed by atoms with Crippen LogP contribution in [0, 0.1) is 6.92 Å². The average molecular weight is 267 g/mol. The van der Waals surface area contributed by atoms with Gasteiger partial charge in [-0.05, 0) is 26.0 Å². The Bertz CT molecular complexity index is 539. The third-order valence-corrected chi connectivity index (χ3v) is 3.53. The number of hydrogen-bond donors (Lipinski definition) is 1. The van der Waals surface area contributed by atoms with Gasteiger partial charge in [-0.2, -0.15) is 5.10 Å². The molecule has 1 atom stereocenters.